The molecule has 0 spiro atoms. The largest absolute Gasteiger partial charge is 0.394 e. The quantitative estimate of drug-likeness (QED) is 0.757. The van der Waals surface area contributed by atoms with E-state index in [1.807, 2.05) is 0 Å². The van der Waals surface area contributed by atoms with Gasteiger partial charge in [0.1, 0.15) is 5.82 Å². The van der Waals surface area contributed by atoms with E-state index in [9.17, 15) is 9.18 Å². The first kappa shape index (κ1) is 12.4. The third-order valence-electron chi connectivity index (χ3n) is 1.96. The minimum atomic E-state index is -0.310. The van der Waals surface area contributed by atoms with Crippen LogP contribution in [0.1, 0.15) is 12.5 Å². The molecule has 1 atom stereocenters. The lowest BCUT2D eigenvalue weighted by Gasteiger charge is -2.07. The van der Waals surface area contributed by atoms with Gasteiger partial charge in [-0.05, 0) is 30.7 Å². The molecular formula is C12H14FNO2. The summed E-state index contributed by atoms with van der Waals surface area (Å²) in [4.78, 5) is 11.3. The second kappa shape index (κ2) is 6.02. The molecule has 1 amide bonds. The van der Waals surface area contributed by atoms with Crippen LogP contribution in [0.15, 0.2) is 30.3 Å². The van der Waals surface area contributed by atoms with Crippen LogP contribution in [0.5, 0.6) is 0 Å². The SMILES string of the molecule is CC(CO)NC(=O)/C=C/c1ccc(F)cc1. The predicted octanol–water partition coefficient (Wildman–Crippen LogP) is 1.34. The van der Waals surface area contributed by atoms with Crippen LogP contribution in [0.2, 0.25) is 0 Å². The Morgan fingerprint density at radius 2 is 2.12 bits per heavy atom. The Kier molecular flexibility index (Phi) is 4.66. The normalized spacial score (nSPS) is 12.7. The predicted molar refractivity (Wildman–Crippen MR) is 60.1 cm³/mol. The lowest BCUT2D eigenvalue weighted by Crippen LogP contribution is -2.33. The van der Waals surface area contributed by atoms with Crippen LogP contribution in [0.3, 0.4) is 0 Å². The van der Waals surface area contributed by atoms with Crippen molar-refractivity contribution in [3.8, 4) is 0 Å². The van der Waals surface area contributed by atoms with E-state index in [1.165, 1.54) is 18.2 Å². The van der Waals surface area contributed by atoms with Crippen molar-refractivity contribution in [1.29, 1.82) is 0 Å². The van der Waals surface area contributed by atoms with Gasteiger partial charge in [0.05, 0.1) is 6.61 Å². The summed E-state index contributed by atoms with van der Waals surface area (Å²) < 4.78 is 12.6. The van der Waals surface area contributed by atoms with Crippen molar-refractivity contribution in [1.82, 2.24) is 5.32 Å². The van der Waals surface area contributed by atoms with E-state index >= 15 is 0 Å². The number of hydrogen-bond donors (Lipinski definition) is 2. The third kappa shape index (κ3) is 4.23. The van der Waals surface area contributed by atoms with Gasteiger partial charge in [-0.25, -0.2) is 4.39 Å². The van der Waals surface area contributed by atoms with Gasteiger partial charge in [-0.2, -0.15) is 0 Å². The van der Waals surface area contributed by atoms with Crippen molar-refractivity contribution >= 4 is 12.0 Å². The van der Waals surface area contributed by atoms with Crippen molar-refractivity contribution in [2.24, 2.45) is 0 Å². The molecule has 0 saturated carbocycles. The number of nitrogens with one attached hydrogen (secondary N) is 1. The molecule has 3 nitrogen and oxygen atoms in total. The summed E-state index contributed by atoms with van der Waals surface area (Å²) in [7, 11) is 0. The van der Waals surface area contributed by atoms with Gasteiger partial charge in [0.15, 0.2) is 0 Å². The van der Waals surface area contributed by atoms with Crippen molar-refractivity contribution in [3.05, 3.63) is 41.7 Å². The average Bonchev–Trinajstić information content (AvgIpc) is 2.28. The number of carbonyl (C=O) groups is 1. The van der Waals surface area contributed by atoms with Gasteiger partial charge >= 0.3 is 0 Å². The number of carbonyl (C=O) groups excluding carboxylic acids is 1. The van der Waals surface area contributed by atoms with Crippen molar-refractivity contribution in [2.75, 3.05) is 6.61 Å². The van der Waals surface area contributed by atoms with Crippen LogP contribution in [-0.4, -0.2) is 23.7 Å². The fourth-order valence-electron chi connectivity index (χ4n) is 1.08. The van der Waals surface area contributed by atoms with Crippen LogP contribution >= 0.6 is 0 Å². The zero-order chi connectivity index (χ0) is 12.0. The first-order valence-corrected chi connectivity index (χ1v) is 4.97. The molecule has 4 heteroatoms. The summed E-state index contributed by atoms with van der Waals surface area (Å²) in [5, 5.41) is 11.3. The van der Waals surface area contributed by atoms with E-state index in [0.29, 0.717) is 0 Å². The molecule has 2 N–H and O–H groups in total. The minimum Gasteiger partial charge on any atom is -0.394 e. The van der Waals surface area contributed by atoms with Gasteiger partial charge < -0.3 is 10.4 Å². The number of hydrogen-bond acceptors (Lipinski definition) is 2. The third-order valence-corrected chi connectivity index (χ3v) is 1.96. The second-order valence-corrected chi connectivity index (χ2v) is 3.48. The number of aliphatic hydroxyl groups is 1. The molecule has 16 heavy (non-hydrogen) atoms. The van der Waals surface area contributed by atoms with Gasteiger partial charge in [-0.1, -0.05) is 12.1 Å². The smallest absolute Gasteiger partial charge is 0.244 e. The van der Waals surface area contributed by atoms with Crippen molar-refractivity contribution < 1.29 is 14.3 Å². The Bertz CT molecular complexity index is 373. The lowest BCUT2D eigenvalue weighted by molar-refractivity contribution is -0.117. The summed E-state index contributed by atoms with van der Waals surface area (Å²) in [6, 6.07) is 5.54. The molecule has 1 unspecified atom stereocenters. The second-order valence-electron chi connectivity index (χ2n) is 3.48. The van der Waals surface area contributed by atoms with E-state index in [0.717, 1.165) is 5.56 Å². The molecular weight excluding hydrogens is 209 g/mol. The first-order valence-electron chi connectivity index (χ1n) is 4.97. The summed E-state index contributed by atoms with van der Waals surface area (Å²) in [5.41, 5.74) is 0.744. The minimum absolute atomic E-state index is 0.101. The standard InChI is InChI=1S/C12H14FNO2/c1-9(8-15)14-12(16)7-4-10-2-5-11(13)6-3-10/h2-7,9,15H,8H2,1H3,(H,14,16)/b7-4+. The van der Waals surface area contributed by atoms with E-state index in [2.05, 4.69) is 5.32 Å². The van der Waals surface area contributed by atoms with Gasteiger partial charge in [0.2, 0.25) is 5.91 Å². The zero-order valence-electron chi connectivity index (χ0n) is 8.98. The maximum atomic E-state index is 12.6. The Hall–Kier alpha value is -1.68. The summed E-state index contributed by atoms with van der Waals surface area (Å²) in [6.07, 6.45) is 2.93. The number of halogens is 1. The molecule has 0 aliphatic rings. The maximum absolute atomic E-state index is 12.6. The molecule has 0 heterocycles. The Labute approximate surface area is 93.6 Å². The van der Waals surface area contributed by atoms with Crippen LogP contribution in [0.25, 0.3) is 6.08 Å². The number of benzene rings is 1. The lowest BCUT2D eigenvalue weighted by atomic mass is 10.2. The van der Waals surface area contributed by atoms with Crippen molar-refractivity contribution in [2.45, 2.75) is 13.0 Å². The van der Waals surface area contributed by atoms with Crippen LogP contribution in [0.4, 0.5) is 4.39 Å². The summed E-state index contributed by atoms with van der Waals surface area (Å²) in [6.45, 7) is 1.60. The van der Waals surface area contributed by atoms with E-state index in [-0.39, 0.29) is 24.4 Å². The number of aliphatic hydroxyl groups excluding tert-OH is 1. The average molecular weight is 223 g/mol. The number of amides is 1. The molecule has 0 aliphatic heterocycles. The van der Waals surface area contributed by atoms with Gasteiger partial charge in [0.25, 0.3) is 0 Å². The molecule has 0 aromatic heterocycles. The van der Waals surface area contributed by atoms with E-state index < -0.39 is 0 Å². The molecule has 1 aromatic carbocycles. The highest BCUT2D eigenvalue weighted by Crippen LogP contribution is 2.04. The van der Waals surface area contributed by atoms with E-state index in [4.69, 9.17) is 5.11 Å². The zero-order valence-corrected chi connectivity index (χ0v) is 8.98. The van der Waals surface area contributed by atoms with E-state index in [1.54, 1.807) is 25.1 Å². The fourth-order valence-corrected chi connectivity index (χ4v) is 1.08. The highest BCUT2D eigenvalue weighted by atomic mass is 19.1. The van der Waals surface area contributed by atoms with Gasteiger partial charge in [0, 0.05) is 12.1 Å². The Morgan fingerprint density at radius 3 is 2.69 bits per heavy atom. The molecule has 0 saturated heterocycles. The van der Waals surface area contributed by atoms with Crippen molar-refractivity contribution in [3.63, 3.8) is 0 Å². The highest BCUT2D eigenvalue weighted by Gasteiger charge is 2.01. The molecule has 0 radical (unpaired) electrons. The Morgan fingerprint density at radius 1 is 1.50 bits per heavy atom. The topological polar surface area (TPSA) is 49.3 Å². The molecule has 0 bridgehead atoms. The molecule has 1 rings (SSSR count). The van der Waals surface area contributed by atoms with Crippen LogP contribution in [0, 0.1) is 5.82 Å². The molecule has 0 fully saturated rings. The van der Waals surface area contributed by atoms with Crippen LogP contribution in [-0.2, 0) is 4.79 Å². The maximum Gasteiger partial charge on any atom is 0.244 e. The van der Waals surface area contributed by atoms with Crippen LogP contribution < -0.4 is 5.32 Å². The fraction of sp³-hybridized carbons (Fsp3) is 0.250. The summed E-state index contributed by atoms with van der Waals surface area (Å²) >= 11 is 0. The molecule has 1 aromatic rings. The molecule has 86 valence electrons. The van der Waals surface area contributed by atoms with Gasteiger partial charge in [-0.3, -0.25) is 4.79 Å². The summed E-state index contributed by atoms with van der Waals surface area (Å²) in [5.74, 6) is -0.596. The first-order chi connectivity index (χ1) is 7.61. The highest BCUT2D eigenvalue weighted by molar-refractivity contribution is 5.91. The molecule has 0 aliphatic carbocycles. The Balaban J connectivity index is 2.53. The van der Waals surface area contributed by atoms with Gasteiger partial charge in [-0.15, -0.1) is 0 Å². The monoisotopic (exact) mass is 223 g/mol. The number of rotatable bonds is 4.